The minimum absolute atomic E-state index is 0.0728. The summed E-state index contributed by atoms with van der Waals surface area (Å²) < 4.78 is 13.2. The van der Waals surface area contributed by atoms with Crippen molar-refractivity contribution in [2.45, 2.75) is 25.4 Å². The summed E-state index contributed by atoms with van der Waals surface area (Å²) >= 11 is 1.52. The maximum absolute atomic E-state index is 13.2. The van der Waals surface area contributed by atoms with Crippen LogP contribution in [0.1, 0.15) is 25.8 Å². The first-order valence-electron chi connectivity index (χ1n) is 8.10. The molecule has 0 bridgehead atoms. The standard InChI is InChI=1S/C18H21FN4OS/c1-12(2)7-10-25-18-22-16(13-3-5-14(19)6-4-13)15(11-20)17(23-18)21-8-9-24/h3-6,12,24H,7-10H2,1-2H3,(H,21,22,23). The van der Waals surface area contributed by atoms with E-state index in [0.29, 0.717) is 28.1 Å². The third-order valence-electron chi connectivity index (χ3n) is 3.45. The molecule has 0 amide bonds. The highest BCUT2D eigenvalue weighted by atomic mass is 32.2. The molecule has 0 saturated carbocycles. The first-order valence-corrected chi connectivity index (χ1v) is 9.09. The molecule has 0 saturated heterocycles. The fraction of sp³-hybridized carbons (Fsp3) is 0.389. The second-order valence-electron chi connectivity index (χ2n) is 5.88. The van der Waals surface area contributed by atoms with Crippen LogP contribution in [0.2, 0.25) is 0 Å². The molecule has 1 aromatic heterocycles. The second-order valence-corrected chi connectivity index (χ2v) is 6.94. The molecule has 1 aromatic carbocycles. The summed E-state index contributed by atoms with van der Waals surface area (Å²) in [6, 6.07) is 7.98. The molecule has 0 unspecified atom stereocenters. The predicted octanol–water partition coefficient (Wildman–Crippen LogP) is 3.70. The van der Waals surface area contributed by atoms with E-state index in [2.05, 4.69) is 35.2 Å². The van der Waals surface area contributed by atoms with Crippen LogP contribution in [0.15, 0.2) is 29.4 Å². The van der Waals surface area contributed by atoms with Gasteiger partial charge in [0.15, 0.2) is 5.16 Å². The number of aromatic nitrogens is 2. The molecule has 25 heavy (non-hydrogen) atoms. The monoisotopic (exact) mass is 360 g/mol. The fourth-order valence-electron chi connectivity index (χ4n) is 2.12. The third-order valence-corrected chi connectivity index (χ3v) is 4.33. The van der Waals surface area contributed by atoms with Crippen molar-refractivity contribution < 1.29 is 9.50 Å². The number of anilines is 1. The van der Waals surface area contributed by atoms with Crippen molar-refractivity contribution in [3.05, 3.63) is 35.6 Å². The molecular formula is C18H21FN4OS. The highest BCUT2D eigenvalue weighted by Gasteiger charge is 2.16. The van der Waals surface area contributed by atoms with Gasteiger partial charge in [0, 0.05) is 17.9 Å². The van der Waals surface area contributed by atoms with Crippen LogP contribution in [0.4, 0.5) is 10.2 Å². The molecule has 0 fully saturated rings. The lowest BCUT2D eigenvalue weighted by Crippen LogP contribution is -2.11. The highest BCUT2D eigenvalue weighted by molar-refractivity contribution is 7.99. The lowest BCUT2D eigenvalue weighted by molar-refractivity contribution is 0.311. The lowest BCUT2D eigenvalue weighted by Gasteiger charge is -2.12. The van der Waals surface area contributed by atoms with Gasteiger partial charge in [-0.25, -0.2) is 14.4 Å². The van der Waals surface area contributed by atoms with Gasteiger partial charge in [0.2, 0.25) is 0 Å². The molecule has 0 aliphatic rings. The Hall–Kier alpha value is -2.17. The number of halogens is 1. The average molecular weight is 360 g/mol. The summed E-state index contributed by atoms with van der Waals surface area (Å²) in [5.74, 6) is 1.49. The van der Waals surface area contributed by atoms with Crippen LogP contribution in [0.5, 0.6) is 0 Å². The van der Waals surface area contributed by atoms with E-state index in [9.17, 15) is 9.65 Å². The zero-order valence-corrected chi connectivity index (χ0v) is 15.1. The quantitative estimate of drug-likeness (QED) is 0.552. The molecular weight excluding hydrogens is 339 g/mol. The van der Waals surface area contributed by atoms with Crippen LogP contribution in [0, 0.1) is 23.1 Å². The third kappa shape index (κ3) is 5.41. The topological polar surface area (TPSA) is 81.8 Å². The molecule has 2 rings (SSSR count). The largest absolute Gasteiger partial charge is 0.395 e. The number of nitrogens with one attached hydrogen (secondary N) is 1. The minimum atomic E-state index is -0.346. The molecule has 0 aliphatic heterocycles. The van der Waals surface area contributed by atoms with Crippen molar-refractivity contribution in [3.8, 4) is 17.3 Å². The Morgan fingerprint density at radius 3 is 2.60 bits per heavy atom. The first-order chi connectivity index (χ1) is 12.0. The van der Waals surface area contributed by atoms with Gasteiger partial charge in [-0.15, -0.1) is 0 Å². The summed E-state index contributed by atoms with van der Waals surface area (Å²) in [6.45, 7) is 4.51. The molecule has 0 spiro atoms. The molecule has 2 N–H and O–H groups in total. The van der Waals surface area contributed by atoms with E-state index in [4.69, 9.17) is 5.11 Å². The number of hydrogen-bond donors (Lipinski definition) is 2. The number of benzene rings is 1. The molecule has 0 aliphatic carbocycles. The molecule has 0 atom stereocenters. The summed E-state index contributed by atoms with van der Waals surface area (Å²) in [5.41, 5.74) is 1.40. The Balaban J connectivity index is 2.43. The van der Waals surface area contributed by atoms with Gasteiger partial charge in [-0.05, 0) is 36.6 Å². The second kappa shape index (κ2) is 9.35. The Kier molecular flexibility index (Phi) is 7.16. The molecule has 5 nitrogen and oxygen atoms in total. The lowest BCUT2D eigenvalue weighted by atomic mass is 10.1. The van der Waals surface area contributed by atoms with Gasteiger partial charge in [0.1, 0.15) is 23.3 Å². The zero-order chi connectivity index (χ0) is 18.2. The maximum atomic E-state index is 13.2. The number of aliphatic hydroxyl groups is 1. The van der Waals surface area contributed by atoms with Crippen molar-refractivity contribution >= 4 is 17.6 Å². The molecule has 2 aromatic rings. The zero-order valence-electron chi connectivity index (χ0n) is 14.3. The highest BCUT2D eigenvalue weighted by Crippen LogP contribution is 2.29. The number of rotatable bonds is 8. The Labute approximate surface area is 151 Å². The first kappa shape index (κ1) is 19.2. The van der Waals surface area contributed by atoms with Crippen LogP contribution >= 0.6 is 11.8 Å². The van der Waals surface area contributed by atoms with Gasteiger partial charge < -0.3 is 10.4 Å². The SMILES string of the molecule is CC(C)CCSc1nc(NCCO)c(C#N)c(-c2ccc(F)cc2)n1. The predicted molar refractivity (Wildman–Crippen MR) is 97.9 cm³/mol. The van der Waals surface area contributed by atoms with Gasteiger partial charge in [-0.2, -0.15) is 5.26 Å². The Bertz CT molecular complexity index is 744. The smallest absolute Gasteiger partial charge is 0.190 e. The van der Waals surface area contributed by atoms with Crippen LogP contribution in [-0.2, 0) is 0 Å². The van der Waals surface area contributed by atoms with E-state index in [1.54, 1.807) is 12.1 Å². The van der Waals surface area contributed by atoms with Crippen molar-refractivity contribution in [1.29, 1.82) is 5.26 Å². The number of nitrogens with zero attached hydrogens (tertiary/aromatic N) is 3. The molecule has 132 valence electrons. The van der Waals surface area contributed by atoms with Crippen molar-refractivity contribution in [3.63, 3.8) is 0 Å². The summed E-state index contributed by atoms with van der Waals surface area (Å²) in [5, 5.41) is 22.1. The average Bonchev–Trinajstić information content (AvgIpc) is 2.59. The van der Waals surface area contributed by atoms with Gasteiger partial charge in [0.25, 0.3) is 0 Å². The van der Waals surface area contributed by atoms with Crippen LogP contribution in [0.3, 0.4) is 0 Å². The normalized spacial score (nSPS) is 10.7. The number of thioether (sulfide) groups is 1. The van der Waals surface area contributed by atoms with Crippen LogP contribution in [0.25, 0.3) is 11.3 Å². The maximum Gasteiger partial charge on any atom is 0.190 e. The summed E-state index contributed by atoms with van der Waals surface area (Å²) in [4.78, 5) is 8.93. The number of hydrogen-bond acceptors (Lipinski definition) is 6. The number of nitriles is 1. The van der Waals surface area contributed by atoms with Crippen molar-refractivity contribution in [1.82, 2.24) is 9.97 Å². The van der Waals surface area contributed by atoms with E-state index in [0.717, 1.165) is 12.2 Å². The molecule has 0 radical (unpaired) electrons. The van der Waals surface area contributed by atoms with E-state index < -0.39 is 0 Å². The molecule has 1 heterocycles. The van der Waals surface area contributed by atoms with E-state index >= 15 is 0 Å². The van der Waals surface area contributed by atoms with Gasteiger partial charge in [-0.3, -0.25) is 0 Å². The van der Waals surface area contributed by atoms with Crippen molar-refractivity contribution in [2.24, 2.45) is 5.92 Å². The minimum Gasteiger partial charge on any atom is -0.395 e. The van der Waals surface area contributed by atoms with Gasteiger partial charge in [0.05, 0.1) is 12.3 Å². The van der Waals surface area contributed by atoms with Crippen molar-refractivity contribution in [2.75, 3.05) is 24.2 Å². The number of aliphatic hydroxyl groups excluding tert-OH is 1. The van der Waals surface area contributed by atoms with E-state index in [-0.39, 0.29) is 24.5 Å². The fourth-order valence-corrected chi connectivity index (χ4v) is 3.20. The van der Waals surface area contributed by atoms with Crippen LogP contribution in [-0.4, -0.2) is 34.0 Å². The van der Waals surface area contributed by atoms with Crippen LogP contribution < -0.4 is 5.32 Å². The van der Waals surface area contributed by atoms with E-state index in [1.807, 2.05) is 0 Å². The molecule has 7 heteroatoms. The Morgan fingerprint density at radius 2 is 2.00 bits per heavy atom. The summed E-state index contributed by atoms with van der Waals surface area (Å²) in [6.07, 6.45) is 1.03. The van der Waals surface area contributed by atoms with Gasteiger partial charge >= 0.3 is 0 Å². The summed E-state index contributed by atoms with van der Waals surface area (Å²) in [7, 11) is 0. The van der Waals surface area contributed by atoms with E-state index in [1.165, 1.54) is 23.9 Å². The van der Waals surface area contributed by atoms with Gasteiger partial charge in [-0.1, -0.05) is 25.6 Å². The Morgan fingerprint density at radius 1 is 1.28 bits per heavy atom.